The molecule has 1 N–H and O–H groups in total. The molecule has 0 heterocycles. The lowest BCUT2D eigenvalue weighted by Crippen LogP contribution is -2.47. The van der Waals surface area contributed by atoms with Gasteiger partial charge in [0.15, 0.2) is 0 Å². The van der Waals surface area contributed by atoms with Gasteiger partial charge >= 0.3 is 0 Å². The van der Waals surface area contributed by atoms with Crippen LogP contribution in [0.2, 0.25) is 5.02 Å². The van der Waals surface area contributed by atoms with Gasteiger partial charge in [-0.3, -0.25) is 4.79 Å². The summed E-state index contributed by atoms with van der Waals surface area (Å²) in [5, 5.41) is 4.18. The quantitative estimate of drug-likeness (QED) is 0.835. The molecule has 0 saturated carbocycles. The van der Waals surface area contributed by atoms with Crippen LogP contribution in [0.25, 0.3) is 0 Å². The van der Waals surface area contributed by atoms with E-state index in [0.717, 1.165) is 6.42 Å². The Morgan fingerprint density at radius 3 is 2.72 bits per heavy atom. The van der Waals surface area contributed by atoms with Gasteiger partial charge in [-0.1, -0.05) is 34.5 Å². The Kier molecular flexibility index (Phi) is 5.47. The van der Waals surface area contributed by atoms with E-state index in [-0.39, 0.29) is 11.4 Å². The van der Waals surface area contributed by atoms with Crippen LogP contribution in [0, 0.1) is 0 Å². The third-order valence-corrected chi connectivity index (χ3v) is 4.37. The first-order valence-electron chi connectivity index (χ1n) is 5.67. The fourth-order valence-corrected chi connectivity index (χ4v) is 2.12. The molecule has 1 aromatic carbocycles. The number of benzene rings is 1. The molecule has 1 aromatic rings. The number of amides is 1. The Hall–Kier alpha value is -0.740. The summed E-state index contributed by atoms with van der Waals surface area (Å²) >= 11 is 9.32. The standard InChI is InChI=1S/C13H17BrClNO2/c1-4-13(2,8-14)16-12(17)10-7-9(15)5-6-11(10)18-3/h5-7H,4,8H2,1-3H3,(H,16,17). The molecule has 100 valence electrons. The van der Waals surface area contributed by atoms with E-state index in [1.807, 2.05) is 13.8 Å². The minimum Gasteiger partial charge on any atom is -0.496 e. The van der Waals surface area contributed by atoms with Crippen molar-refractivity contribution in [1.82, 2.24) is 5.32 Å². The molecule has 0 fully saturated rings. The molecule has 1 unspecified atom stereocenters. The van der Waals surface area contributed by atoms with Gasteiger partial charge in [-0.25, -0.2) is 0 Å². The SMILES string of the molecule is CCC(C)(CBr)NC(=O)c1cc(Cl)ccc1OC. The Labute approximate surface area is 121 Å². The highest BCUT2D eigenvalue weighted by molar-refractivity contribution is 9.09. The van der Waals surface area contributed by atoms with E-state index in [2.05, 4.69) is 21.2 Å². The van der Waals surface area contributed by atoms with Crippen molar-refractivity contribution < 1.29 is 9.53 Å². The van der Waals surface area contributed by atoms with Crippen LogP contribution >= 0.6 is 27.5 Å². The number of carbonyl (C=O) groups excluding carboxylic acids is 1. The summed E-state index contributed by atoms with van der Waals surface area (Å²) in [5.74, 6) is 0.336. The van der Waals surface area contributed by atoms with E-state index in [9.17, 15) is 4.79 Å². The molecule has 0 radical (unpaired) electrons. The normalized spacial score (nSPS) is 13.8. The first kappa shape index (κ1) is 15.3. The molecular weight excluding hydrogens is 318 g/mol. The summed E-state index contributed by atoms with van der Waals surface area (Å²) < 4.78 is 5.17. The zero-order chi connectivity index (χ0) is 13.8. The number of ether oxygens (including phenoxy) is 1. The first-order chi connectivity index (χ1) is 8.45. The van der Waals surface area contributed by atoms with Crippen LogP contribution in [-0.4, -0.2) is 23.9 Å². The van der Waals surface area contributed by atoms with Crippen molar-refractivity contribution in [2.45, 2.75) is 25.8 Å². The van der Waals surface area contributed by atoms with Crippen molar-refractivity contribution in [2.24, 2.45) is 0 Å². The fraction of sp³-hybridized carbons (Fsp3) is 0.462. The van der Waals surface area contributed by atoms with Gasteiger partial charge in [-0.05, 0) is 31.5 Å². The number of methoxy groups -OCH3 is 1. The largest absolute Gasteiger partial charge is 0.496 e. The van der Waals surface area contributed by atoms with Crippen molar-refractivity contribution in [2.75, 3.05) is 12.4 Å². The lowest BCUT2D eigenvalue weighted by molar-refractivity contribution is 0.0910. The van der Waals surface area contributed by atoms with E-state index in [4.69, 9.17) is 16.3 Å². The predicted molar refractivity (Wildman–Crippen MR) is 78.0 cm³/mol. The van der Waals surface area contributed by atoms with Gasteiger partial charge in [0.2, 0.25) is 0 Å². The molecule has 0 spiro atoms. The van der Waals surface area contributed by atoms with Crippen LogP contribution in [0.5, 0.6) is 5.75 Å². The van der Waals surface area contributed by atoms with Gasteiger partial charge in [-0.2, -0.15) is 0 Å². The van der Waals surface area contributed by atoms with Crippen LogP contribution in [0.4, 0.5) is 0 Å². The molecule has 1 amide bonds. The number of halogens is 2. The Morgan fingerprint density at radius 1 is 1.56 bits per heavy atom. The molecule has 1 rings (SSSR count). The summed E-state index contributed by atoms with van der Waals surface area (Å²) in [6.45, 7) is 4.01. The lowest BCUT2D eigenvalue weighted by Gasteiger charge is -2.27. The first-order valence-corrected chi connectivity index (χ1v) is 7.17. The van der Waals surface area contributed by atoms with Crippen molar-refractivity contribution in [3.05, 3.63) is 28.8 Å². The molecule has 0 aliphatic carbocycles. The van der Waals surface area contributed by atoms with Crippen LogP contribution in [0.3, 0.4) is 0 Å². The molecule has 3 nitrogen and oxygen atoms in total. The summed E-state index contributed by atoms with van der Waals surface area (Å²) in [6, 6.07) is 5.00. The van der Waals surface area contributed by atoms with Crippen LogP contribution in [0.1, 0.15) is 30.6 Å². The zero-order valence-electron chi connectivity index (χ0n) is 10.7. The number of nitrogens with one attached hydrogen (secondary N) is 1. The van der Waals surface area contributed by atoms with Gasteiger partial charge in [0.05, 0.1) is 12.7 Å². The number of hydrogen-bond donors (Lipinski definition) is 1. The lowest BCUT2D eigenvalue weighted by atomic mass is 10.0. The highest BCUT2D eigenvalue weighted by Gasteiger charge is 2.25. The van der Waals surface area contributed by atoms with E-state index in [0.29, 0.717) is 21.7 Å². The van der Waals surface area contributed by atoms with E-state index >= 15 is 0 Å². The smallest absolute Gasteiger partial charge is 0.255 e. The van der Waals surface area contributed by atoms with E-state index in [1.54, 1.807) is 18.2 Å². The van der Waals surface area contributed by atoms with Crippen LogP contribution < -0.4 is 10.1 Å². The van der Waals surface area contributed by atoms with Crippen LogP contribution in [0.15, 0.2) is 18.2 Å². The second-order valence-electron chi connectivity index (χ2n) is 4.35. The molecule has 1 atom stereocenters. The Balaban J connectivity index is 3.00. The molecule has 0 bridgehead atoms. The predicted octanol–water partition coefficient (Wildman–Crippen LogP) is 3.64. The summed E-state index contributed by atoms with van der Waals surface area (Å²) in [7, 11) is 1.53. The minimum atomic E-state index is -0.287. The summed E-state index contributed by atoms with van der Waals surface area (Å²) in [6.07, 6.45) is 0.826. The third-order valence-electron chi connectivity index (χ3n) is 2.90. The second-order valence-corrected chi connectivity index (χ2v) is 5.34. The molecule has 0 aliphatic heterocycles. The molecule has 0 saturated heterocycles. The van der Waals surface area contributed by atoms with Crippen molar-refractivity contribution in [3.8, 4) is 5.75 Å². The van der Waals surface area contributed by atoms with Gasteiger partial charge in [0.1, 0.15) is 5.75 Å². The number of hydrogen-bond acceptors (Lipinski definition) is 2. The molecule has 5 heteroatoms. The summed E-state index contributed by atoms with van der Waals surface area (Å²) in [4.78, 5) is 12.2. The maximum atomic E-state index is 12.2. The minimum absolute atomic E-state index is 0.182. The topological polar surface area (TPSA) is 38.3 Å². The third kappa shape index (κ3) is 3.62. The van der Waals surface area contributed by atoms with Crippen LogP contribution in [-0.2, 0) is 0 Å². The van der Waals surface area contributed by atoms with Crippen molar-refractivity contribution in [1.29, 1.82) is 0 Å². The van der Waals surface area contributed by atoms with E-state index in [1.165, 1.54) is 7.11 Å². The Morgan fingerprint density at radius 2 is 2.22 bits per heavy atom. The fourth-order valence-electron chi connectivity index (χ4n) is 1.42. The monoisotopic (exact) mass is 333 g/mol. The zero-order valence-corrected chi connectivity index (χ0v) is 13.1. The highest BCUT2D eigenvalue weighted by Crippen LogP contribution is 2.23. The van der Waals surface area contributed by atoms with Crippen molar-refractivity contribution >= 4 is 33.4 Å². The van der Waals surface area contributed by atoms with Gasteiger partial charge in [-0.15, -0.1) is 0 Å². The molecule has 18 heavy (non-hydrogen) atoms. The number of carbonyl (C=O) groups is 1. The molecular formula is C13H17BrClNO2. The summed E-state index contributed by atoms with van der Waals surface area (Å²) in [5.41, 5.74) is 0.162. The van der Waals surface area contributed by atoms with E-state index < -0.39 is 0 Å². The molecule has 0 aliphatic rings. The number of rotatable bonds is 5. The maximum absolute atomic E-state index is 12.2. The molecule has 0 aromatic heterocycles. The Bertz CT molecular complexity index is 433. The number of alkyl halides is 1. The van der Waals surface area contributed by atoms with Gasteiger partial charge in [0.25, 0.3) is 5.91 Å². The van der Waals surface area contributed by atoms with Gasteiger partial charge in [0, 0.05) is 15.9 Å². The second kappa shape index (κ2) is 6.43. The van der Waals surface area contributed by atoms with Gasteiger partial charge < -0.3 is 10.1 Å². The van der Waals surface area contributed by atoms with Crippen molar-refractivity contribution in [3.63, 3.8) is 0 Å². The average Bonchev–Trinajstić information content (AvgIpc) is 2.38. The average molecular weight is 335 g/mol. The maximum Gasteiger partial charge on any atom is 0.255 e. The highest BCUT2D eigenvalue weighted by atomic mass is 79.9.